The molecule has 112 valence electrons. The molecule has 21 heavy (non-hydrogen) atoms. The Labute approximate surface area is 122 Å². The molecule has 2 rings (SSSR count). The van der Waals surface area contributed by atoms with E-state index in [1.807, 2.05) is 0 Å². The average Bonchev–Trinajstić information content (AvgIpc) is 2.95. The van der Waals surface area contributed by atoms with E-state index in [1.54, 1.807) is 0 Å². The Balaban J connectivity index is 2.01. The minimum absolute atomic E-state index is 0.124. The number of primary amides is 1. The molecule has 1 aromatic rings. The number of nitrogens with two attached hydrogens (primary N) is 1. The summed E-state index contributed by atoms with van der Waals surface area (Å²) in [5.41, 5.74) is 4.98. The van der Waals surface area contributed by atoms with E-state index in [0.29, 0.717) is 24.0 Å². The molecule has 0 spiro atoms. The van der Waals surface area contributed by atoms with Gasteiger partial charge in [0.05, 0.1) is 5.41 Å². The van der Waals surface area contributed by atoms with Crippen molar-refractivity contribution in [2.75, 3.05) is 6.54 Å². The van der Waals surface area contributed by atoms with Crippen LogP contribution in [-0.2, 0) is 4.79 Å². The molecule has 1 saturated carbocycles. The number of aliphatic carboxylic acids is 1. The second-order valence-corrected chi connectivity index (χ2v) is 5.42. The second-order valence-electron chi connectivity index (χ2n) is 5.42. The molecule has 6 heteroatoms. The maximum atomic E-state index is 12.0. The molecular formula is C15H18N2O4. The van der Waals surface area contributed by atoms with Gasteiger partial charge in [-0.25, -0.2) is 0 Å². The van der Waals surface area contributed by atoms with Gasteiger partial charge < -0.3 is 16.2 Å². The predicted molar refractivity (Wildman–Crippen MR) is 75.8 cm³/mol. The van der Waals surface area contributed by atoms with Gasteiger partial charge in [0.25, 0.3) is 5.91 Å². The van der Waals surface area contributed by atoms with Crippen LogP contribution in [0.5, 0.6) is 0 Å². The van der Waals surface area contributed by atoms with Crippen molar-refractivity contribution >= 4 is 17.8 Å². The number of carboxylic acid groups (broad SMARTS) is 1. The van der Waals surface area contributed by atoms with Crippen LogP contribution in [-0.4, -0.2) is 29.4 Å². The molecule has 1 aromatic carbocycles. The summed E-state index contributed by atoms with van der Waals surface area (Å²) in [4.78, 5) is 34.4. The topological polar surface area (TPSA) is 109 Å². The SMILES string of the molecule is NC(=O)c1ccc(C(=O)NCC2(C(=O)O)CCCC2)cc1. The number of carboxylic acids is 1. The first-order chi connectivity index (χ1) is 9.94. The summed E-state index contributed by atoms with van der Waals surface area (Å²) in [6.45, 7) is 0.124. The van der Waals surface area contributed by atoms with E-state index in [0.717, 1.165) is 12.8 Å². The van der Waals surface area contributed by atoms with Crippen molar-refractivity contribution in [3.8, 4) is 0 Å². The average molecular weight is 290 g/mol. The van der Waals surface area contributed by atoms with Crippen molar-refractivity contribution in [1.82, 2.24) is 5.32 Å². The molecule has 0 saturated heterocycles. The van der Waals surface area contributed by atoms with Crippen molar-refractivity contribution in [2.24, 2.45) is 11.1 Å². The molecule has 0 aromatic heterocycles. The van der Waals surface area contributed by atoms with Crippen molar-refractivity contribution < 1.29 is 19.5 Å². The van der Waals surface area contributed by atoms with Crippen molar-refractivity contribution in [1.29, 1.82) is 0 Å². The van der Waals surface area contributed by atoms with E-state index in [-0.39, 0.29) is 12.5 Å². The standard InChI is InChI=1S/C15H18N2O4/c16-12(18)10-3-5-11(6-4-10)13(19)17-9-15(14(20)21)7-1-2-8-15/h3-6H,1-2,7-9H2,(H2,16,18)(H,17,19)(H,20,21). The maximum absolute atomic E-state index is 12.0. The highest BCUT2D eigenvalue weighted by Crippen LogP contribution is 2.37. The highest BCUT2D eigenvalue weighted by atomic mass is 16.4. The second kappa shape index (κ2) is 5.95. The fourth-order valence-electron chi connectivity index (χ4n) is 2.66. The Morgan fingerprint density at radius 3 is 2.10 bits per heavy atom. The van der Waals surface area contributed by atoms with Gasteiger partial charge in [-0.3, -0.25) is 14.4 Å². The lowest BCUT2D eigenvalue weighted by Crippen LogP contribution is -2.41. The molecule has 0 radical (unpaired) electrons. The zero-order valence-corrected chi connectivity index (χ0v) is 11.6. The number of benzene rings is 1. The smallest absolute Gasteiger partial charge is 0.311 e. The van der Waals surface area contributed by atoms with Gasteiger partial charge in [0, 0.05) is 17.7 Å². The van der Waals surface area contributed by atoms with Gasteiger partial charge in [0.2, 0.25) is 5.91 Å². The molecule has 0 bridgehead atoms. The fraction of sp³-hybridized carbons (Fsp3) is 0.400. The lowest BCUT2D eigenvalue weighted by atomic mass is 9.86. The summed E-state index contributed by atoms with van der Waals surface area (Å²) >= 11 is 0. The molecule has 0 unspecified atom stereocenters. The van der Waals surface area contributed by atoms with E-state index in [9.17, 15) is 19.5 Å². The van der Waals surface area contributed by atoms with E-state index >= 15 is 0 Å². The van der Waals surface area contributed by atoms with E-state index in [2.05, 4.69) is 5.32 Å². The minimum Gasteiger partial charge on any atom is -0.481 e. The third kappa shape index (κ3) is 3.21. The minimum atomic E-state index is -0.857. The van der Waals surface area contributed by atoms with Crippen LogP contribution in [0.15, 0.2) is 24.3 Å². The molecule has 2 amide bonds. The monoisotopic (exact) mass is 290 g/mol. The van der Waals surface area contributed by atoms with Gasteiger partial charge in [-0.2, -0.15) is 0 Å². The highest BCUT2D eigenvalue weighted by molar-refractivity contribution is 5.97. The predicted octanol–water partition coefficient (Wildman–Crippen LogP) is 1.16. The molecule has 0 heterocycles. The summed E-state index contributed by atoms with van der Waals surface area (Å²) in [6, 6.07) is 5.94. The van der Waals surface area contributed by atoms with Gasteiger partial charge in [-0.1, -0.05) is 12.8 Å². The van der Waals surface area contributed by atoms with Crippen LogP contribution in [0, 0.1) is 5.41 Å². The Morgan fingerprint density at radius 2 is 1.62 bits per heavy atom. The summed E-state index contributed by atoms with van der Waals surface area (Å²) in [5.74, 6) is -1.76. The summed E-state index contributed by atoms with van der Waals surface area (Å²) in [5, 5.41) is 12.0. The van der Waals surface area contributed by atoms with Crippen molar-refractivity contribution in [3.63, 3.8) is 0 Å². The van der Waals surface area contributed by atoms with Crippen LogP contribution >= 0.6 is 0 Å². The van der Waals surface area contributed by atoms with Crippen LogP contribution in [0.3, 0.4) is 0 Å². The van der Waals surface area contributed by atoms with Gasteiger partial charge in [-0.15, -0.1) is 0 Å². The van der Waals surface area contributed by atoms with Crippen LogP contribution in [0.1, 0.15) is 46.4 Å². The number of rotatable bonds is 5. The third-order valence-corrected chi connectivity index (χ3v) is 4.03. The summed E-state index contributed by atoms with van der Waals surface area (Å²) < 4.78 is 0. The van der Waals surface area contributed by atoms with E-state index in [1.165, 1.54) is 24.3 Å². The molecule has 4 N–H and O–H groups in total. The summed E-state index contributed by atoms with van der Waals surface area (Å²) in [7, 11) is 0. The summed E-state index contributed by atoms with van der Waals surface area (Å²) in [6.07, 6.45) is 2.91. The van der Waals surface area contributed by atoms with Crippen LogP contribution < -0.4 is 11.1 Å². The van der Waals surface area contributed by atoms with Crippen LogP contribution in [0.25, 0.3) is 0 Å². The van der Waals surface area contributed by atoms with Crippen LogP contribution in [0.2, 0.25) is 0 Å². The quantitative estimate of drug-likeness (QED) is 0.755. The van der Waals surface area contributed by atoms with Gasteiger partial charge in [-0.05, 0) is 37.1 Å². The van der Waals surface area contributed by atoms with Crippen molar-refractivity contribution in [3.05, 3.63) is 35.4 Å². The molecular weight excluding hydrogens is 272 g/mol. The molecule has 1 aliphatic rings. The first kappa shape index (κ1) is 15.0. The largest absolute Gasteiger partial charge is 0.481 e. The van der Waals surface area contributed by atoms with Gasteiger partial charge in [0.1, 0.15) is 0 Å². The zero-order chi connectivity index (χ0) is 15.5. The van der Waals surface area contributed by atoms with E-state index in [4.69, 9.17) is 5.73 Å². The number of amides is 2. The first-order valence-corrected chi connectivity index (χ1v) is 6.86. The number of hydrogen-bond acceptors (Lipinski definition) is 3. The molecule has 0 atom stereocenters. The Hall–Kier alpha value is -2.37. The normalized spacial score (nSPS) is 16.4. The number of nitrogens with one attached hydrogen (secondary N) is 1. The Morgan fingerprint density at radius 1 is 1.10 bits per heavy atom. The highest BCUT2D eigenvalue weighted by Gasteiger charge is 2.41. The fourth-order valence-corrected chi connectivity index (χ4v) is 2.66. The number of carbonyl (C=O) groups is 3. The molecule has 0 aliphatic heterocycles. The van der Waals surface area contributed by atoms with Crippen LogP contribution in [0.4, 0.5) is 0 Å². The lowest BCUT2D eigenvalue weighted by molar-refractivity contribution is -0.148. The first-order valence-electron chi connectivity index (χ1n) is 6.86. The Bertz CT molecular complexity index is 560. The molecule has 1 fully saturated rings. The number of hydrogen-bond donors (Lipinski definition) is 3. The van der Waals surface area contributed by atoms with E-state index < -0.39 is 17.3 Å². The zero-order valence-electron chi connectivity index (χ0n) is 11.6. The molecule has 6 nitrogen and oxygen atoms in total. The lowest BCUT2D eigenvalue weighted by Gasteiger charge is -2.23. The van der Waals surface area contributed by atoms with Gasteiger partial charge >= 0.3 is 5.97 Å². The third-order valence-electron chi connectivity index (χ3n) is 4.03. The van der Waals surface area contributed by atoms with Crippen molar-refractivity contribution in [2.45, 2.75) is 25.7 Å². The Kier molecular flexibility index (Phi) is 4.26. The van der Waals surface area contributed by atoms with Gasteiger partial charge in [0.15, 0.2) is 0 Å². The maximum Gasteiger partial charge on any atom is 0.311 e. The number of carbonyl (C=O) groups excluding carboxylic acids is 2. The molecule has 1 aliphatic carbocycles.